The maximum absolute atomic E-state index is 4.60. The fourth-order valence-electron chi connectivity index (χ4n) is 2.50. The third-order valence-corrected chi connectivity index (χ3v) is 3.54. The number of aryl methyl sites for hydroxylation is 1. The second kappa shape index (κ2) is 6.17. The Morgan fingerprint density at radius 1 is 1.29 bits per heavy atom. The Morgan fingerprint density at radius 2 is 2.19 bits per heavy atom. The molecule has 0 aliphatic carbocycles. The molecule has 7 nitrogen and oxygen atoms in total. The molecule has 0 radical (unpaired) electrons. The van der Waals surface area contributed by atoms with Crippen LogP contribution in [-0.2, 0) is 19.6 Å². The van der Waals surface area contributed by atoms with Crippen LogP contribution >= 0.6 is 0 Å². The molecule has 0 atom stereocenters. The SMILES string of the molecule is CCCNc1cc(C)nc(CN2CCn3cnnc3C2)n1. The van der Waals surface area contributed by atoms with E-state index in [2.05, 4.69) is 41.9 Å². The zero-order chi connectivity index (χ0) is 14.7. The van der Waals surface area contributed by atoms with Gasteiger partial charge in [-0.25, -0.2) is 9.97 Å². The minimum Gasteiger partial charge on any atom is -0.370 e. The average molecular weight is 287 g/mol. The van der Waals surface area contributed by atoms with Gasteiger partial charge in [0.05, 0.1) is 13.1 Å². The highest BCUT2D eigenvalue weighted by atomic mass is 15.3. The summed E-state index contributed by atoms with van der Waals surface area (Å²) in [6, 6.07) is 1.99. The molecule has 21 heavy (non-hydrogen) atoms. The monoisotopic (exact) mass is 287 g/mol. The molecule has 0 aromatic carbocycles. The maximum Gasteiger partial charge on any atom is 0.147 e. The minimum absolute atomic E-state index is 0.745. The normalized spacial score (nSPS) is 15.0. The Hall–Kier alpha value is -2.02. The topological polar surface area (TPSA) is 71.8 Å². The van der Waals surface area contributed by atoms with E-state index in [1.165, 1.54) is 0 Å². The molecule has 0 amide bonds. The molecule has 1 aliphatic heterocycles. The van der Waals surface area contributed by atoms with Gasteiger partial charge in [0, 0.05) is 31.4 Å². The lowest BCUT2D eigenvalue weighted by molar-refractivity contribution is 0.204. The molecule has 0 saturated carbocycles. The fraction of sp³-hybridized carbons (Fsp3) is 0.571. The molecular weight excluding hydrogens is 266 g/mol. The third kappa shape index (κ3) is 3.36. The van der Waals surface area contributed by atoms with Gasteiger partial charge in [0.25, 0.3) is 0 Å². The van der Waals surface area contributed by atoms with E-state index in [4.69, 9.17) is 0 Å². The summed E-state index contributed by atoms with van der Waals surface area (Å²) < 4.78 is 2.10. The number of nitrogens with one attached hydrogen (secondary N) is 1. The lowest BCUT2D eigenvalue weighted by atomic mass is 10.3. The van der Waals surface area contributed by atoms with Crippen molar-refractivity contribution < 1.29 is 0 Å². The van der Waals surface area contributed by atoms with E-state index < -0.39 is 0 Å². The summed E-state index contributed by atoms with van der Waals surface area (Å²) >= 11 is 0. The lowest BCUT2D eigenvalue weighted by Crippen LogP contribution is -2.33. The van der Waals surface area contributed by atoms with Crippen molar-refractivity contribution in [2.45, 2.75) is 39.9 Å². The summed E-state index contributed by atoms with van der Waals surface area (Å²) in [7, 11) is 0. The van der Waals surface area contributed by atoms with Gasteiger partial charge in [-0.3, -0.25) is 4.90 Å². The van der Waals surface area contributed by atoms with Gasteiger partial charge in [-0.1, -0.05) is 6.92 Å². The van der Waals surface area contributed by atoms with E-state index in [0.717, 1.165) is 62.3 Å². The number of rotatable bonds is 5. The molecule has 0 unspecified atom stereocenters. The van der Waals surface area contributed by atoms with Crippen LogP contribution in [-0.4, -0.2) is 42.7 Å². The molecule has 112 valence electrons. The molecule has 7 heteroatoms. The number of aromatic nitrogens is 5. The predicted octanol–water partition coefficient (Wildman–Crippen LogP) is 1.21. The largest absolute Gasteiger partial charge is 0.370 e. The molecule has 3 heterocycles. The van der Waals surface area contributed by atoms with Crippen molar-refractivity contribution in [2.24, 2.45) is 0 Å². The number of anilines is 1. The Labute approximate surface area is 124 Å². The molecule has 2 aromatic heterocycles. The maximum atomic E-state index is 4.60. The first-order chi connectivity index (χ1) is 10.2. The number of fused-ring (bicyclic) bond motifs is 1. The van der Waals surface area contributed by atoms with Crippen molar-refractivity contribution in [2.75, 3.05) is 18.4 Å². The van der Waals surface area contributed by atoms with E-state index in [1.807, 2.05) is 13.0 Å². The molecule has 0 spiro atoms. The summed E-state index contributed by atoms with van der Waals surface area (Å²) in [5.74, 6) is 2.79. The first-order valence-corrected chi connectivity index (χ1v) is 7.42. The second-order valence-corrected chi connectivity index (χ2v) is 5.39. The Kier molecular flexibility index (Phi) is 4.10. The summed E-state index contributed by atoms with van der Waals surface area (Å²) in [4.78, 5) is 11.5. The minimum atomic E-state index is 0.745. The third-order valence-electron chi connectivity index (χ3n) is 3.54. The van der Waals surface area contributed by atoms with Crippen molar-refractivity contribution in [3.8, 4) is 0 Å². The fourth-order valence-corrected chi connectivity index (χ4v) is 2.50. The van der Waals surface area contributed by atoms with E-state index >= 15 is 0 Å². The van der Waals surface area contributed by atoms with E-state index in [0.29, 0.717) is 0 Å². The molecule has 0 fully saturated rings. The highest BCUT2D eigenvalue weighted by molar-refractivity contribution is 5.35. The van der Waals surface area contributed by atoms with Gasteiger partial charge in [0.2, 0.25) is 0 Å². The Bertz CT molecular complexity index is 607. The molecule has 0 bridgehead atoms. The first-order valence-electron chi connectivity index (χ1n) is 7.42. The molecule has 1 aliphatic rings. The van der Waals surface area contributed by atoms with Crippen molar-refractivity contribution >= 4 is 5.82 Å². The zero-order valence-corrected chi connectivity index (χ0v) is 12.6. The summed E-state index contributed by atoms with van der Waals surface area (Å²) in [6.45, 7) is 8.53. The highest BCUT2D eigenvalue weighted by Crippen LogP contribution is 2.13. The molecule has 2 aromatic rings. The standard InChI is InChI=1S/C14H21N7/c1-3-4-15-12-7-11(2)17-13(18-12)8-20-5-6-21-10-16-19-14(21)9-20/h7,10H,3-6,8-9H2,1-2H3,(H,15,17,18). The van der Waals surface area contributed by atoms with Crippen molar-refractivity contribution in [3.05, 3.63) is 29.7 Å². The van der Waals surface area contributed by atoms with Crippen molar-refractivity contribution in [1.82, 2.24) is 29.6 Å². The highest BCUT2D eigenvalue weighted by Gasteiger charge is 2.18. The predicted molar refractivity (Wildman–Crippen MR) is 79.7 cm³/mol. The van der Waals surface area contributed by atoms with Gasteiger partial charge < -0.3 is 9.88 Å². The van der Waals surface area contributed by atoms with Crippen molar-refractivity contribution in [1.29, 1.82) is 0 Å². The summed E-state index contributed by atoms with van der Waals surface area (Å²) in [6.07, 6.45) is 2.88. The first kappa shape index (κ1) is 13.9. The van der Waals surface area contributed by atoms with Crippen LogP contribution in [0, 0.1) is 6.92 Å². The molecular formula is C14H21N7. The molecule has 1 N–H and O–H groups in total. The van der Waals surface area contributed by atoms with Gasteiger partial charge in [-0.15, -0.1) is 10.2 Å². The second-order valence-electron chi connectivity index (χ2n) is 5.39. The molecule has 0 saturated heterocycles. The van der Waals surface area contributed by atoms with Crippen LogP contribution in [0.1, 0.15) is 30.7 Å². The van der Waals surface area contributed by atoms with E-state index in [9.17, 15) is 0 Å². The van der Waals surface area contributed by atoms with Gasteiger partial charge in [0.1, 0.15) is 23.8 Å². The van der Waals surface area contributed by atoms with Crippen LogP contribution < -0.4 is 5.32 Å². The van der Waals surface area contributed by atoms with Gasteiger partial charge >= 0.3 is 0 Å². The van der Waals surface area contributed by atoms with Gasteiger partial charge in [-0.2, -0.15) is 0 Å². The zero-order valence-electron chi connectivity index (χ0n) is 12.6. The van der Waals surface area contributed by atoms with Gasteiger partial charge in [0.15, 0.2) is 0 Å². The smallest absolute Gasteiger partial charge is 0.147 e. The van der Waals surface area contributed by atoms with Crippen LogP contribution in [0.2, 0.25) is 0 Å². The molecule has 3 rings (SSSR count). The van der Waals surface area contributed by atoms with Crippen LogP contribution in [0.25, 0.3) is 0 Å². The van der Waals surface area contributed by atoms with Crippen molar-refractivity contribution in [3.63, 3.8) is 0 Å². The number of hydrogen-bond acceptors (Lipinski definition) is 6. The van der Waals surface area contributed by atoms with Crippen LogP contribution in [0.3, 0.4) is 0 Å². The average Bonchev–Trinajstić information content (AvgIpc) is 2.92. The quantitative estimate of drug-likeness (QED) is 0.891. The number of hydrogen-bond donors (Lipinski definition) is 1. The number of nitrogens with zero attached hydrogens (tertiary/aromatic N) is 6. The van der Waals surface area contributed by atoms with E-state index in [1.54, 1.807) is 6.33 Å². The van der Waals surface area contributed by atoms with Crippen LogP contribution in [0.4, 0.5) is 5.82 Å². The van der Waals surface area contributed by atoms with Crippen LogP contribution in [0.5, 0.6) is 0 Å². The van der Waals surface area contributed by atoms with Gasteiger partial charge in [-0.05, 0) is 13.3 Å². The lowest BCUT2D eigenvalue weighted by Gasteiger charge is -2.26. The Balaban J connectivity index is 1.69. The van der Waals surface area contributed by atoms with Crippen LogP contribution in [0.15, 0.2) is 12.4 Å². The summed E-state index contributed by atoms with van der Waals surface area (Å²) in [5, 5.41) is 11.4. The Morgan fingerprint density at radius 3 is 3.05 bits per heavy atom. The summed E-state index contributed by atoms with van der Waals surface area (Å²) in [5.41, 5.74) is 0.999. The van der Waals surface area contributed by atoms with E-state index in [-0.39, 0.29) is 0 Å².